The van der Waals surface area contributed by atoms with Gasteiger partial charge in [-0.25, -0.2) is 0 Å². The van der Waals surface area contributed by atoms with Crippen molar-refractivity contribution in [1.29, 1.82) is 0 Å². The molecule has 1 unspecified atom stereocenters. The van der Waals surface area contributed by atoms with Gasteiger partial charge < -0.3 is 8.85 Å². The standard InChI is InChI=1S/C16H35NO2Si/c1-5-13-18-20(19-14-6-2,17-15(4)7-3)16-11-9-8-10-12-16/h15-17H,5-14H2,1-4H3. The summed E-state index contributed by atoms with van der Waals surface area (Å²) in [7, 11) is -2.27. The summed E-state index contributed by atoms with van der Waals surface area (Å²) in [5.74, 6) is 0. The number of rotatable bonds is 10. The average molecular weight is 302 g/mol. The maximum atomic E-state index is 6.40. The largest absolute Gasteiger partial charge is 0.428 e. The maximum absolute atomic E-state index is 6.40. The summed E-state index contributed by atoms with van der Waals surface area (Å²) in [5.41, 5.74) is 0.628. The van der Waals surface area contributed by atoms with Crippen molar-refractivity contribution in [3.63, 3.8) is 0 Å². The van der Waals surface area contributed by atoms with Crippen LogP contribution in [-0.4, -0.2) is 28.0 Å². The molecule has 0 bridgehead atoms. The first-order valence-corrected chi connectivity index (χ1v) is 10.6. The number of hydrogen-bond donors (Lipinski definition) is 1. The van der Waals surface area contributed by atoms with Crippen LogP contribution in [0.3, 0.4) is 0 Å². The fourth-order valence-corrected chi connectivity index (χ4v) is 6.95. The Morgan fingerprint density at radius 3 is 2.00 bits per heavy atom. The highest BCUT2D eigenvalue weighted by Crippen LogP contribution is 2.37. The first-order valence-electron chi connectivity index (χ1n) is 8.74. The Kier molecular flexibility index (Phi) is 9.01. The molecular formula is C16H35NO2Si. The second kappa shape index (κ2) is 9.93. The van der Waals surface area contributed by atoms with Gasteiger partial charge in [0.15, 0.2) is 0 Å². The van der Waals surface area contributed by atoms with E-state index in [-0.39, 0.29) is 0 Å². The van der Waals surface area contributed by atoms with E-state index in [0.29, 0.717) is 11.6 Å². The molecule has 0 aromatic heterocycles. The molecule has 0 saturated heterocycles. The van der Waals surface area contributed by atoms with Crippen molar-refractivity contribution in [2.24, 2.45) is 0 Å². The van der Waals surface area contributed by atoms with Crippen LogP contribution in [0.15, 0.2) is 0 Å². The van der Waals surface area contributed by atoms with E-state index in [1.807, 2.05) is 0 Å². The summed E-state index contributed by atoms with van der Waals surface area (Å²) in [6.45, 7) is 10.5. The molecule has 4 heteroatoms. The first-order chi connectivity index (χ1) is 9.68. The maximum Gasteiger partial charge on any atom is 0.428 e. The van der Waals surface area contributed by atoms with Crippen molar-refractivity contribution in [2.75, 3.05) is 13.2 Å². The van der Waals surface area contributed by atoms with Gasteiger partial charge in [0.25, 0.3) is 0 Å². The first kappa shape index (κ1) is 18.1. The van der Waals surface area contributed by atoms with Gasteiger partial charge in [-0.05, 0) is 32.1 Å². The fraction of sp³-hybridized carbons (Fsp3) is 1.00. The average Bonchev–Trinajstić information content (AvgIpc) is 2.50. The van der Waals surface area contributed by atoms with E-state index in [9.17, 15) is 0 Å². The highest BCUT2D eigenvalue weighted by Gasteiger charge is 2.47. The molecule has 1 saturated carbocycles. The van der Waals surface area contributed by atoms with Crippen molar-refractivity contribution in [3.05, 3.63) is 0 Å². The Morgan fingerprint density at radius 2 is 1.55 bits per heavy atom. The van der Waals surface area contributed by atoms with E-state index in [4.69, 9.17) is 8.85 Å². The smallest absolute Gasteiger partial charge is 0.383 e. The highest BCUT2D eigenvalue weighted by atomic mass is 28.4. The molecule has 1 aliphatic rings. The summed E-state index contributed by atoms with van der Waals surface area (Å²) in [6, 6.07) is 0.484. The number of nitrogens with one attached hydrogen (secondary N) is 1. The second-order valence-corrected chi connectivity index (χ2v) is 9.17. The van der Waals surface area contributed by atoms with Crippen LogP contribution in [0, 0.1) is 0 Å². The van der Waals surface area contributed by atoms with Crippen LogP contribution in [0.2, 0.25) is 5.54 Å². The molecule has 1 fully saturated rings. The summed E-state index contributed by atoms with van der Waals surface area (Å²) in [4.78, 5) is 3.81. The minimum absolute atomic E-state index is 0.484. The van der Waals surface area contributed by atoms with E-state index >= 15 is 0 Å². The van der Waals surface area contributed by atoms with Gasteiger partial charge in [-0.1, -0.05) is 47.0 Å². The molecule has 3 nitrogen and oxygen atoms in total. The summed E-state index contributed by atoms with van der Waals surface area (Å²) in [5, 5.41) is 0. The number of hydrogen-bond acceptors (Lipinski definition) is 3. The van der Waals surface area contributed by atoms with Gasteiger partial charge in [0, 0.05) is 24.8 Å². The van der Waals surface area contributed by atoms with Crippen LogP contribution in [0.4, 0.5) is 0 Å². The van der Waals surface area contributed by atoms with Crippen LogP contribution in [0.5, 0.6) is 0 Å². The molecule has 0 aromatic rings. The van der Waals surface area contributed by atoms with Gasteiger partial charge in [0.2, 0.25) is 0 Å². The van der Waals surface area contributed by atoms with Crippen LogP contribution >= 0.6 is 0 Å². The molecular weight excluding hydrogens is 266 g/mol. The van der Waals surface area contributed by atoms with Crippen LogP contribution in [0.1, 0.15) is 79.1 Å². The second-order valence-electron chi connectivity index (χ2n) is 6.15. The molecule has 0 aliphatic heterocycles. The molecule has 0 aromatic carbocycles. The molecule has 0 heterocycles. The summed E-state index contributed by atoms with van der Waals surface area (Å²) >= 11 is 0. The molecule has 0 spiro atoms. The topological polar surface area (TPSA) is 30.5 Å². The van der Waals surface area contributed by atoms with Gasteiger partial charge in [-0.2, -0.15) is 0 Å². The lowest BCUT2D eigenvalue weighted by Crippen LogP contribution is -2.62. The molecule has 0 radical (unpaired) electrons. The molecule has 1 atom stereocenters. The Labute approximate surface area is 127 Å². The van der Waals surface area contributed by atoms with E-state index in [1.54, 1.807) is 0 Å². The van der Waals surface area contributed by atoms with Crippen molar-refractivity contribution in [1.82, 2.24) is 4.98 Å². The fourth-order valence-electron chi connectivity index (χ4n) is 2.91. The van der Waals surface area contributed by atoms with Crippen LogP contribution < -0.4 is 4.98 Å². The molecule has 1 rings (SSSR count). The minimum atomic E-state index is -2.27. The van der Waals surface area contributed by atoms with Crippen molar-refractivity contribution in [3.8, 4) is 0 Å². The van der Waals surface area contributed by atoms with Gasteiger partial charge in [0.1, 0.15) is 0 Å². The third-order valence-corrected chi connectivity index (χ3v) is 8.06. The lowest BCUT2D eigenvalue weighted by molar-refractivity contribution is 0.135. The Balaban J connectivity index is 2.82. The van der Waals surface area contributed by atoms with E-state index in [0.717, 1.165) is 32.5 Å². The van der Waals surface area contributed by atoms with Gasteiger partial charge in [0.05, 0.1) is 0 Å². The highest BCUT2D eigenvalue weighted by molar-refractivity contribution is 6.66. The Morgan fingerprint density at radius 1 is 1.00 bits per heavy atom. The quantitative estimate of drug-likeness (QED) is 0.603. The van der Waals surface area contributed by atoms with Gasteiger partial charge in [-0.15, -0.1) is 0 Å². The third kappa shape index (κ3) is 5.47. The lowest BCUT2D eigenvalue weighted by Gasteiger charge is -2.40. The van der Waals surface area contributed by atoms with Crippen molar-refractivity contribution < 1.29 is 8.85 Å². The SMILES string of the molecule is CCCO[Si](NC(C)CC)(OCCC)C1CCCCC1. The van der Waals surface area contributed by atoms with E-state index < -0.39 is 8.72 Å². The molecule has 0 amide bonds. The zero-order valence-electron chi connectivity index (χ0n) is 14.0. The summed E-state index contributed by atoms with van der Waals surface area (Å²) < 4.78 is 12.8. The van der Waals surface area contributed by atoms with E-state index in [2.05, 4.69) is 32.7 Å². The normalized spacial score (nSPS) is 19.2. The monoisotopic (exact) mass is 301 g/mol. The Hall–Kier alpha value is 0.0969. The van der Waals surface area contributed by atoms with E-state index in [1.165, 1.54) is 32.1 Å². The summed E-state index contributed by atoms with van der Waals surface area (Å²) in [6.07, 6.45) is 9.89. The Bertz CT molecular complexity index is 237. The zero-order chi connectivity index (χ0) is 14.8. The van der Waals surface area contributed by atoms with Crippen molar-refractivity contribution >= 4 is 8.72 Å². The minimum Gasteiger partial charge on any atom is -0.383 e. The van der Waals surface area contributed by atoms with Gasteiger partial charge in [-0.3, -0.25) is 4.98 Å². The molecule has 1 aliphatic carbocycles. The third-order valence-electron chi connectivity index (χ3n) is 4.24. The molecule has 1 N–H and O–H groups in total. The predicted molar refractivity (Wildman–Crippen MR) is 88.0 cm³/mol. The molecule has 120 valence electrons. The van der Waals surface area contributed by atoms with Crippen LogP contribution in [0.25, 0.3) is 0 Å². The zero-order valence-corrected chi connectivity index (χ0v) is 15.0. The van der Waals surface area contributed by atoms with Crippen molar-refractivity contribution in [2.45, 2.75) is 90.6 Å². The molecule has 20 heavy (non-hydrogen) atoms. The van der Waals surface area contributed by atoms with Crippen LogP contribution in [-0.2, 0) is 8.85 Å². The lowest BCUT2D eigenvalue weighted by atomic mass is 10.0. The predicted octanol–water partition coefficient (Wildman–Crippen LogP) is 4.50. The van der Waals surface area contributed by atoms with Gasteiger partial charge >= 0.3 is 8.72 Å².